The summed E-state index contributed by atoms with van der Waals surface area (Å²) in [5.41, 5.74) is 3.41. The van der Waals surface area contributed by atoms with Gasteiger partial charge in [0.25, 0.3) is 0 Å². The Labute approximate surface area is 162 Å². The molecule has 3 aromatic heterocycles. The molecular formula is C23H32N2O2. The van der Waals surface area contributed by atoms with E-state index in [1.165, 1.54) is 11.1 Å². The first-order valence-corrected chi connectivity index (χ1v) is 9.63. The van der Waals surface area contributed by atoms with Crippen LogP contribution in [0.3, 0.4) is 0 Å². The molecule has 0 spiro atoms. The molecule has 0 atom stereocenters. The number of hydrogen-bond acceptors (Lipinski definition) is 3. The summed E-state index contributed by atoms with van der Waals surface area (Å²) in [5.74, 6) is 2.02. The molecule has 0 fully saturated rings. The molecule has 4 nitrogen and oxygen atoms in total. The molecule has 3 heterocycles. The summed E-state index contributed by atoms with van der Waals surface area (Å²) in [6.45, 7) is 15.4. The molecule has 0 aliphatic rings. The fourth-order valence-electron chi connectivity index (χ4n) is 3.47. The molecule has 0 saturated heterocycles. The molecule has 0 saturated carbocycles. The minimum absolute atomic E-state index is 0.0305. The van der Waals surface area contributed by atoms with Crippen LogP contribution in [0.2, 0.25) is 0 Å². The number of aromatic amines is 1. The van der Waals surface area contributed by atoms with Gasteiger partial charge in [0.15, 0.2) is 0 Å². The van der Waals surface area contributed by atoms with Crippen LogP contribution in [0.4, 0.5) is 0 Å². The third-order valence-corrected chi connectivity index (χ3v) is 5.28. The summed E-state index contributed by atoms with van der Waals surface area (Å²) < 4.78 is 11.7. The van der Waals surface area contributed by atoms with Gasteiger partial charge in [0.2, 0.25) is 0 Å². The SMILES string of the molecule is CC(C)(C)c1cc(CC(C)(C)c2coc(CC(C)(C)c3cc[nH]n3)c2)co1. The maximum absolute atomic E-state index is 5.92. The minimum atomic E-state index is -0.0779. The number of hydrogen-bond donors (Lipinski definition) is 1. The van der Waals surface area contributed by atoms with E-state index in [2.05, 4.69) is 70.8 Å². The Balaban J connectivity index is 1.73. The van der Waals surface area contributed by atoms with E-state index in [4.69, 9.17) is 8.83 Å². The lowest BCUT2D eigenvalue weighted by molar-refractivity contribution is 0.408. The maximum Gasteiger partial charge on any atom is 0.109 e. The topological polar surface area (TPSA) is 55.0 Å². The average Bonchev–Trinajstić information content (AvgIpc) is 3.27. The van der Waals surface area contributed by atoms with Gasteiger partial charge in [-0.2, -0.15) is 5.10 Å². The lowest BCUT2D eigenvalue weighted by Crippen LogP contribution is -2.21. The van der Waals surface area contributed by atoms with E-state index in [0.29, 0.717) is 0 Å². The van der Waals surface area contributed by atoms with Crippen molar-refractivity contribution in [2.45, 2.75) is 77.6 Å². The van der Waals surface area contributed by atoms with Crippen molar-refractivity contribution >= 4 is 0 Å². The Hall–Kier alpha value is -2.23. The number of nitrogens with zero attached hydrogens (tertiary/aromatic N) is 1. The van der Waals surface area contributed by atoms with Gasteiger partial charge in [-0.05, 0) is 41.2 Å². The van der Waals surface area contributed by atoms with E-state index in [1.54, 1.807) is 0 Å². The number of aromatic nitrogens is 2. The quantitative estimate of drug-likeness (QED) is 0.586. The van der Waals surface area contributed by atoms with Crippen LogP contribution >= 0.6 is 0 Å². The Kier molecular flexibility index (Phi) is 4.87. The fourth-order valence-corrected chi connectivity index (χ4v) is 3.47. The van der Waals surface area contributed by atoms with Crippen LogP contribution < -0.4 is 0 Å². The van der Waals surface area contributed by atoms with E-state index in [9.17, 15) is 0 Å². The Morgan fingerprint density at radius 1 is 0.889 bits per heavy atom. The molecule has 4 heteroatoms. The first-order valence-electron chi connectivity index (χ1n) is 9.63. The molecule has 0 aliphatic carbocycles. The van der Waals surface area contributed by atoms with Gasteiger partial charge in [-0.1, -0.05) is 48.5 Å². The lowest BCUT2D eigenvalue weighted by atomic mass is 9.80. The van der Waals surface area contributed by atoms with Gasteiger partial charge in [-0.3, -0.25) is 5.10 Å². The Morgan fingerprint density at radius 3 is 2.22 bits per heavy atom. The highest BCUT2D eigenvalue weighted by Gasteiger charge is 2.29. The predicted molar refractivity (Wildman–Crippen MR) is 108 cm³/mol. The Bertz CT molecular complexity index is 874. The first-order chi connectivity index (χ1) is 12.5. The third-order valence-electron chi connectivity index (χ3n) is 5.28. The molecule has 27 heavy (non-hydrogen) atoms. The summed E-state index contributed by atoms with van der Waals surface area (Å²) in [6.07, 6.45) is 7.39. The van der Waals surface area contributed by atoms with Crippen molar-refractivity contribution in [1.29, 1.82) is 0 Å². The van der Waals surface area contributed by atoms with E-state index in [0.717, 1.165) is 30.1 Å². The zero-order chi connectivity index (χ0) is 19.9. The summed E-state index contributed by atoms with van der Waals surface area (Å²) >= 11 is 0. The second-order valence-electron chi connectivity index (χ2n) is 9.95. The highest BCUT2D eigenvalue weighted by molar-refractivity contribution is 5.29. The molecule has 0 unspecified atom stereocenters. The van der Waals surface area contributed by atoms with Crippen LogP contribution in [-0.2, 0) is 29.1 Å². The normalized spacial score (nSPS) is 13.3. The maximum atomic E-state index is 5.92. The molecule has 146 valence electrons. The smallest absolute Gasteiger partial charge is 0.109 e. The molecule has 3 rings (SSSR count). The molecule has 1 N–H and O–H groups in total. The van der Waals surface area contributed by atoms with Crippen LogP contribution in [0.15, 0.2) is 45.8 Å². The second kappa shape index (κ2) is 6.74. The summed E-state index contributed by atoms with van der Waals surface area (Å²) in [5, 5.41) is 7.24. The number of furan rings is 2. The molecule has 0 radical (unpaired) electrons. The van der Waals surface area contributed by atoms with Crippen LogP contribution in [0, 0.1) is 0 Å². The number of nitrogens with one attached hydrogen (secondary N) is 1. The summed E-state index contributed by atoms with van der Waals surface area (Å²) in [4.78, 5) is 0. The summed E-state index contributed by atoms with van der Waals surface area (Å²) in [6, 6.07) is 6.40. The van der Waals surface area contributed by atoms with E-state index in [1.807, 2.05) is 24.8 Å². The van der Waals surface area contributed by atoms with Gasteiger partial charge in [-0.25, -0.2) is 0 Å². The van der Waals surface area contributed by atoms with Gasteiger partial charge in [-0.15, -0.1) is 0 Å². The molecule has 3 aromatic rings. The predicted octanol–water partition coefficient (Wildman–Crippen LogP) is 5.93. The minimum Gasteiger partial charge on any atom is -0.469 e. The van der Waals surface area contributed by atoms with Crippen molar-refractivity contribution in [3.8, 4) is 0 Å². The highest BCUT2D eigenvalue weighted by Crippen LogP contribution is 2.34. The first kappa shape index (κ1) is 19.5. The molecule has 0 aliphatic heterocycles. The monoisotopic (exact) mass is 368 g/mol. The zero-order valence-electron chi connectivity index (χ0n) is 17.6. The van der Waals surface area contributed by atoms with Gasteiger partial charge in [0.05, 0.1) is 18.2 Å². The van der Waals surface area contributed by atoms with Crippen molar-refractivity contribution in [1.82, 2.24) is 10.2 Å². The van der Waals surface area contributed by atoms with E-state index < -0.39 is 0 Å². The van der Waals surface area contributed by atoms with Crippen LogP contribution in [-0.4, -0.2) is 10.2 Å². The summed E-state index contributed by atoms with van der Waals surface area (Å²) in [7, 11) is 0. The average molecular weight is 369 g/mol. The largest absolute Gasteiger partial charge is 0.469 e. The van der Waals surface area contributed by atoms with Crippen LogP contribution in [0.1, 0.15) is 76.8 Å². The van der Waals surface area contributed by atoms with Gasteiger partial charge in [0.1, 0.15) is 11.5 Å². The Morgan fingerprint density at radius 2 is 1.63 bits per heavy atom. The van der Waals surface area contributed by atoms with Gasteiger partial charge in [0, 0.05) is 23.4 Å². The van der Waals surface area contributed by atoms with Crippen molar-refractivity contribution in [2.24, 2.45) is 0 Å². The lowest BCUT2D eigenvalue weighted by Gasteiger charge is -2.23. The second-order valence-corrected chi connectivity index (χ2v) is 9.95. The van der Waals surface area contributed by atoms with Gasteiger partial charge >= 0.3 is 0 Å². The standard InChI is InChI=1S/C23H32N2O2/c1-21(2,3)20-10-16(14-27-20)12-22(4,5)17-11-18(26-15-17)13-23(6,7)19-8-9-24-25-19/h8-11,14-15H,12-13H2,1-7H3,(H,24,25). The zero-order valence-corrected chi connectivity index (χ0v) is 17.6. The van der Waals surface area contributed by atoms with Crippen LogP contribution in [0.5, 0.6) is 0 Å². The highest BCUT2D eigenvalue weighted by atomic mass is 16.3. The molecule has 0 amide bonds. The van der Waals surface area contributed by atoms with Crippen molar-refractivity contribution in [3.63, 3.8) is 0 Å². The van der Waals surface area contributed by atoms with Crippen molar-refractivity contribution < 1.29 is 8.83 Å². The number of H-pyrrole nitrogens is 1. The van der Waals surface area contributed by atoms with E-state index in [-0.39, 0.29) is 16.2 Å². The van der Waals surface area contributed by atoms with Crippen molar-refractivity contribution in [3.05, 3.63) is 65.3 Å². The molecule has 0 bridgehead atoms. The molecular weight excluding hydrogens is 336 g/mol. The number of rotatable bonds is 6. The molecule has 0 aromatic carbocycles. The van der Waals surface area contributed by atoms with E-state index >= 15 is 0 Å². The fraction of sp³-hybridized carbons (Fsp3) is 0.522. The van der Waals surface area contributed by atoms with Crippen molar-refractivity contribution in [2.75, 3.05) is 0 Å². The van der Waals surface area contributed by atoms with Gasteiger partial charge < -0.3 is 8.83 Å². The van der Waals surface area contributed by atoms with Crippen LogP contribution in [0.25, 0.3) is 0 Å². The third kappa shape index (κ3) is 4.37.